The molecule has 0 spiro atoms. The minimum atomic E-state index is -0.801. The Morgan fingerprint density at radius 1 is 1.19 bits per heavy atom. The van der Waals surface area contributed by atoms with Crippen LogP contribution < -0.4 is 0 Å². The van der Waals surface area contributed by atoms with E-state index in [4.69, 9.17) is 4.74 Å². The Bertz CT molecular complexity index is 678. The highest BCUT2D eigenvalue weighted by Crippen LogP contribution is 2.56. The number of esters is 1. The lowest BCUT2D eigenvalue weighted by molar-refractivity contribution is -0.174. The summed E-state index contributed by atoms with van der Waals surface area (Å²) >= 11 is 0. The van der Waals surface area contributed by atoms with E-state index in [0.29, 0.717) is 44.1 Å². The number of ether oxygens (including phenoxy) is 1. The zero-order chi connectivity index (χ0) is 20.1. The van der Waals surface area contributed by atoms with Gasteiger partial charge in [-0.15, -0.1) is 0 Å². The van der Waals surface area contributed by atoms with E-state index in [9.17, 15) is 19.5 Å². The number of fused-ring (bicyclic) bond motifs is 3. The fourth-order valence-corrected chi connectivity index (χ4v) is 5.95. The van der Waals surface area contributed by atoms with Gasteiger partial charge in [0, 0.05) is 30.1 Å². The molecule has 3 aliphatic rings. The number of hydrogen-bond acceptors (Lipinski definition) is 5. The summed E-state index contributed by atoms with van der Waals surface area (Å²) in [4.78, 5) is 37.5. The summed E-state index contributed by atoms with van der Waals surface area (Å²) in [6, 6.07) is 0. The van der Waals surface area contributed by atoms with Crippen LogP contribution in [0.1, 0.15) is 66.2 Å². The van der Waals surface area contributed by atoms with Gasteiger partial charge in [-0.3, -0.25) is 14.4 Å². The summed E-state index contributed by atoms with van der Waals surface area (Å²) in [6.07, 6.45) is 2.19. The summed E-state index contributed by atoms with van der Waals surface area (Å²) in [6.45, 7) is 11.4. The molecule has 27 heavy (non-hydrogen) atoms. The van der Waals surface area contributed by atoms with Crippen molar-refractivity contribution in [2.75, 3.05) is 0 Å². The largest absolute Gasteiger partial charge is 0.462 e. The monoisotopic (exact) mass is 376 g/mol. The lowest BCUT2D eigenvalue weighted by Crippen LogP contribution is -2.55. The zero-order valence-corrected chi connectivity index (χ0v) is 16.9. The number of aliphatic hydroxyl groups excluding tert-OH is 1. The highest BCUT2D eigenvalue weighted by Gasteiger charge is 2.57. The van der Waals surface area contributed by atoms with Gasteiger partial charge in [0.05, 0.1) is 6.10 Å². The van der Waals surface area contributed by atoms with E-state index in [1.807, 2.05) is 20.8 Å². The summed E-state index contributed by atoms with van der Waals surface area (Å²) < 4.78 is 5.59. The smallest absolute Gasteiger partial charge is 0.302 e. The van der Waals surface area contributed by atoms with Gasteiger partial charge < -0.3 is 9.84 Å². The standard InChI is InChI=1S/C22H32O5/c1-12-14-6-7-18(25)22(5)9-8-19(27-13(2)23)21(3,4)17(22)11-16(24)15(10-14)20(12)26/h14-17,19,24H,1,6-11H2,2-5H3/t14-,15?,16-,17-,19+,22-/m1/s1. The van der Waals surface area contributed by atoms with Crippen molar-refractivity contribution in [2.45, 2.75) is 78.4 Å². The molecule has 0 saturated heterocycles. The van der Waals surface area contributed by atoms with Gasteiger partial charge >= 0.3 is 5.97 Å². The highest BCUT2D eigenvalue weighted by atomic mass is 16.5. The van der Waals surface area contributed by atoms with Gasteiger partial charge in [-0.25, -0.2) is 0 Å². The molecule has 3 rings (SSSR count). The van der Waals surface area contributed by atoms with Crippen LogP contribution in [-0.2, 0) is 19.1 Å². The Hall–Kier alpha value is -1.49. The molecule has 3 saturated carbocycles. The summed E-state index contributed by atoms with van der Waals surface area (Å²) in [5.41, 5.74) is -0.478. The van der Waals surface area contributed by atoms with Crippen molar-refractivity contribution in [3.63, 3.8) is 0 Å². The highest BCUT2D eigenvalue weighted by molar-refractivity contribution is 6.00. The normalized spacial score (nSPS) is 41.8. The molecule has 0 aromatic heterocycles. The van der Waals surface area contributed by atoms with Gasteiger partial charge in [-0.1, -0.05) is 27.4 Å². The molecular weight excluding hydrogens is 344 g/mol. The van der Waals surface area contributed by atoms with Gasteiger partial charge in [0.1, 0.15) is 11.9 Å². The number of Topliss-reactive ketones (excluding diaryl/α,β-unsaturated/α-hetero) is 2. The zero-order valence-electron chi connectivity index (χ0n) is 16.9. The molecule has 2 bridgehead atoms. The Morgan fingerprint density at radius 2 is 1.85 bits per heavy atom. The minimum absolute atomic E-state index is 0.00615. The van der Waals surface area contributed by atoms with Crippen LogP contribution in [0, 0.1) is 28.6 Å². The van der Waals surface area contributed by atoms with Crippen LogP contribution in [0.3, 0.4) is 0 Å². The quantitative estimate of drug-likeness (QED) is 0.561. The third-order valence-electron chi connectivity index (χ3n) is 7.71. The number of rotatable bonds is 1. The molecule has 0 aromatic carbocycles. The first-order valence-corrected chi connectivity index (χ1v) is 10.1. The maximum absolute atomic E-state index is 13.3. The number of aliphatic hydroxyl groups is 1. The fourth-order valence-electron chi connectivity index (χ4n) is 5.95. The number of hydrogen-bond donors (Lipinski definition) is 1. The topological polar surface area (TPSA) is 80.7 Å². The average Bonchev–Trinajstić information content (AvgIpc) is 2.86. The van der Waals surface area contributed by atoms with Crippen molar-refractivity contribution < 1.29 is 24.2 Å². The summed E-state index contributed by atoms with van der Waals surface area (Å²) in [5, 5.41) is 11.0. The van der Waals surface area contributed by atoms with Crippen molar-refractivity contribution >= 4 is 17.5 Å². The first-order valence-electron chi connectivity index (χ1n) is 10.1. The fraction of sp³-hybridized carbons (Fsp3) is 0.773. The van der Waals surface area contributed by atoms with E-state index in [0.717, 1.165) is 0 Å². The lowest BCUT2D eigenvalue weighted by atomic mass is 9.51. The van der Waals surface area contributed by atoms with Gasteiger partial charge in [0.25, 0.3) is 0 Å². The molecule has 3 fully saturated rings. The molecule has 0 heterocycles. The van der Waals surface area contributed by atoms with Crippen LogP contribution in [-0.4, -0.2) is 34.9 Å². The molecule has 150 valence electrons. The van der Waals surface area contributed by atoms with Gasteiger partial charge in [-0.05, 0) is 49.5 Å². The SMILES string of the molecule is C=C1C(=O)C2C[C@H]1CCC(=O)[C@]1(C)CC[C@H](OC(C)=O)C(C)(C)[C@H]1C[C@H]2O. The van der Waals surface area contributed by atoms with Crippen molar-refractivity contribution in [2.24, 2.45) is 28.6 Å². The Morgan fingerprint density at radius 3 is 2.48 bits per heavy atom. The lowest BCUT2D eigenvalue weighted by Gasteiger charge is -2.54. The summed E-state index contributed by atoms with van der Waals surface area (Å²) in [5.74, 6) is -0.762. The second-order valence-electron chi connectivity index (χ2n) is 9.62. The van der Waals surface area contributed by atoms with Gasteiger partial charge in [-0.2, -0.15) is 0 Å². The van der Waals surface area contributed by atoms with Crippen molar-refractivity contribution in [3.8, 4) is 0 Å². The van der Waals surface area contributed by atoms with E-state index in [1.54, 1.807) is 0 Å². The van der Waals surface area contributed by atoms with Crippen LogP contribution in [0.5, 0.6) is 0 Å². The van der Waals surface area contributed by atoms with E-state index < -0.39 is 22.9 Å². The predicted octanol–water partition coefficient (Wildman–Crippen LogP) is 3.24. The van der Waals surface area contributed by atoms with E-state index in [-0.39, 0.29) is 35.5 Å². The molecule has 0 aliphatic heterocycles. The van der Waals surface area contributed by atoms with Crippen LogP contribution >= 0.6 is 0 Å². The van der Waals surface area contributed by atoms with E-state index in [2.05, 4.69) is 6.58 Å². The molecule has 6 atom stereocenters. The molecule has 0 amide bonds. The Labute approximate surface area is 161 Å². The van der Waals surface area contributed by atoms with Crippen molar-refractivity contribution in [1.29, 1.82) is 0 Å². The maximum atomic E-state index is 13.3. The molecule has 5 heteroatoms. The molecule has 0 aromatic rings. The third kappa shape index (κ3) is 3.28. The van der Waals surface area contributed by atoms with Gasteiger partial charge in [0.15, 0.2) is 5.78 Å². The van der Waals surface area contributed by atoms with Crippen LogP contribution in [0.4, 0.5) is 0 Å². The van der Waals surface area contributed by atoms with Crippen LogP contribution in [0.25, 0.3) is 0 Å². The third-order valence-corrected chi connectivity index (χ3v) is 7.71. The van der Waals surface area contributed by atoms with Crippen molar-refractivity contribution in [3.05, 3.63) is 12.2 Å². The van der Waals surface area contributed by atoms with Crippen LogP contribution in [0.15, 0.2) is 12.2 Å². The molecule has 1 unspecified atom stereocenters. The average molecular weight is 376 g/mol. The first kappa shape index (κ1) is 20.2. The second-order valence-corrected chi connectivity index (χ2v) is 9.62. The second kappa shape index (κ2) is 6.84. The Kier molecular flexibility index (Phi) is 5.13. The van der Waals surface area contributed by atoms with Crippen molar-refractivity contribution in [1.82, 2.24) is 0 Å². The van der Waals surface area contributed by atoms with Gasteiger partial charge in [0.2, 0.25) is 0 Å². The number of allylic oxidation sites excluding steroid dienone is 1. The minimum Gasteiger partial charge on any atom is -0.462 e. The number of carbonyl (C=O) groups excluding carboxylic acids is 3. The van der Waals surface area contributed by atoms with E-state index >= 15 is 0 Å². The predicted molar refractivity (Wildman–Crippen MR) is 101 cm³/mol. The van der Waals surface area contributed by atoms with E-state index in [1.165, 1.54) is 6.92 Å². The molecule has 3 aliphatic carbocycles. The first-order chi connectivity index (χ1) is 12.5. The Balaban J connectivity index is 1.99. The summed E-state index contributed by atoms with van der Waals surface area (Å²) in [7, 11) is 0. The maximum Gasteiger partial charge on any atom is 0.302 e. The molecular formula is C22H32O5. The van der Waals surface area contributed by atoms with Crippen LogP contribution in [0.2, 0.25) is 0 Å². The molecule has 1 N–H and O–H groups in total. The number of carbonyl (C=O) groups is 3. The molecule has 5 nitrogen and oxygen atoms in total. The number of ketones is 2. The molecule has 0 radical (unpaired) electrons.